The Balaban J connectivity index is 2.86. The summed E-state index contributed by atoms with van der Waals surface area (Å²) in [6.07, 6.45) is 1.83. The summed E-state index contributed by atoms with van der Waals surface area (Å²) in [5.74, 6) is -2.11. The zero-order chi connectivity index (χ0) is 12.1. The summed E-state index contributed by atoms with van der Waals surface area (Å²) in [4.78, 5) is 27.9. The number of rotatable bonds is 4. The third kappa shape index (κ3) is 2.56. The first-order valence-corrected chi connectivity index (χ1v) is 4.99. The quantitative estimate of drug-likeness (QED) is 0.776. The smallest absolute Gasteiger partial charge is 0.316 e. The molecule has 0 radical (unpaired) electrons. The van der Waals surface area contributed by atoms with Crippen LogP contribution in [0.4, 0.5) is 5.82 Å². The molecule has 1 N–H and O–H groups in total. The van der Waals surface area contributed by atoms with Gasteiger partial charge in [0.2, 0.25) is 5.91 Å². The maximum absolute atomic E-state index is 11.8. The summed E-state index contributed by atoms with van der Waals surface area (Å²) in [5, 5.41) is 8.87. The van der Waals surface area contributed by atoms with Crippen molar-refractivity contribution in [2.24, 2.45) is 5.92 Å². The Bertz CT molecular complexity index is 378. The molecule has 0 aromatic carbocycles. The minimum Gasteiger partial charge on any atom is -0.481 e. The molecule has 16 heavy (non-hydrogen) atoms. The molecule has 0 fully saturated rings. The lowest BCUT2D eigenvalue weighted by molar-refractivity contribution is -0.146. The van der Waals surface area contributed by atoms with Gasteiger partial charge in [-0.1, -0.05) is 13.0 Å². The van der Waals surface area contributed by atoms with Crippen LogP contribution in [0.2, 0.25) is 0 Å². The van der Waals surface area contributed by atoms with Crippen molar-refractivity contribution in [1.82, 2.24) is 4.98 Å². The largest absolute Gasteiger partial charge is 0.481 e. The number of aromatic nitrogens is 1. The van der Waals surface area contributed by atoms with E-state index in [9.17, 15) is 9.59 Å². The maximum Gasteiger partial charge on any atom is 0.316 e. The molecule has 5 heteroatoms. The number of carbonyl (C=O) groups is 2. The third-order valence-corrected chi connectivity index (χ3v) is 2.33. The summed E-state index contributed by atoms with van der Waals surface area (Å²) in [6, 6.07) is 5.14. The van der Waals surface area contributed by atoms with Crippen LogP contribution in [0.3, 0.4) is 0 Å². The van der Waals surface area contributed by atoms with Crippen molar-refractivity contribution in [2.75, 3.05) is 11.9 Å². The Morgan fingerprint density at radius 1 is 1.50 bits per heavy atom. The van der Waals surface area contributed by atoms with Gasteiger partial charge in [-0.2, -0.15) is 0 Å². The number of carboxylic acid groups (broad SMARTS) is 1. The number of hydrogen-bond acceptors (Lipinski definition) is 3. The number of pyridine rings is 1. The van der Waals surface area contributed by atoms with Gasteiger partial charge in [-0.15, -0.1) is 0 Å². The molecule has 1 aromatic heterocycles. The number of anilines is 1. The summed E-state index contributed by atoms with van der Waals surface area (Å²) >= 11 is 0. The minimum atomic E-state index is -1.10. The van der Waals surface area contributed by atoms with Crippen LogP contribution in [0.5, 0.6) is 0 Å². The van der Waals surface area contributed by atoms with E-state index in [-0.39, 0.29) is 6.42 Å². The third-order valence-electron chi connectivity index (χ3n) is 2.33. The molecule has 86 valence electrons. The van der Waals surface area contributed by atoms with Gasteiger partial charge in [0, 0.05) is 13.2 Å². The molecule has 0 saturated carbocycles. The van der Waals surface area contributed by atoms with Crippen LogP contribution in [0.15, 0.2) is 24.4 Å². The van der Waals surface area contributed by atoms with Gasteiger partial charge in [0.1, 0.15) is 11.7 Å². The number of carboxylic acids is 1. The number of amides is 1. The van der Waals surface area contributed by atoms with Crippen molar-refractivity contribution >= 4 is 17.7 Å². The molecule has 0 bridgehead atoms. The first-order valence-electron chi connectivity index (χ1n) is 4.99. The first kappa shape index (κ1) is 12.2. The average molecular weight is 222 g/mol. The average Bonchev–Trinajstić information content (AvgIpc) is 2.29. The molecule has 0 saturated heterocycles. The fourth-order valence-corrected chi connectivity index (χ4v) is 1.35. The maximum atomic E-state index is 11.8. The van der Waals surface area contributed by atoms with Crippen molar-refractivity contribution in [3.8, 4) is 0 Å². The topological polar surface area (TPSA) is 70.5 Å². The monoisotopic (exact) mass is 222 g/mol. The predicted molar refractivity (Wildman–Crippen MR) is 59.1 cm³/mol. The summed E-state index contributed by atoms with van der Waals surface area (Å²) < 4.78 is 0. The highest BCUT2D eigenvalue weighted by Gasteiger charge is 2.28. The summed E-state index contributed by atoms with van der Waals surface area (Å²) in [6.45, 7) is 1.67. The van der Waals surface area contributed by atoms with E-state index in [4.69, 9.17) is 5.11 Å². The van der Waals surface area contributed by atoms with Crippen LogP contribution in [0, 0.1) is 5.92 Å². The fraction of sp³-hybridized carbons (Fsp3) is 0.364. The lowest BCUT2D eigenvalue weighted by Crippen LogP contribution is -2.37. The zero-order valence-corrected chi connectivity index (χ0v) is 9.25. The molecular weight excluding hydrogens is 208 g/mol. The molecule has 0 aliphatic heterocycles. The van der Waals surface area contributed by atoms with E-state index in [1.807, 2.05) is 0 Å². The first-order chi connectivity index (χ1) is 7.57. The second-order valence-corrected chi connectivity index (χ2v) is 3.38. The van der Waals surface area contributed by atoms with Gasteiger partial charge in [0.15, 0.2) is 0 Å². The second kappa shape index (κ2) is 5.25. The Morgan fingerprint density at radius 3 is 2.62 bits per heavy atom. The van der Waals surface area contributed by atoms with Crippen molar-refractivity contribution in [3.05, 3.63) is 24.4 Å². The molecular formula is C11H14N2O3. The Labute approximate surface area is 93.7 Å². The fourth-order valence-electron chi connectivity index (χ4n) is 1.35. The van der Waals surface area contributed by atoms with E-state index in [0.29, 0.717) is 5.82 Å². The molecule has 1 heterocycles. The van der Waals surface area contributed by atoms with Crippen LogP contribution in [-0.4, -0.2) is 29.0 Å². The summed E-state index contributed by atoms with van der Waals surface area (Å²) in [7, 11) is 1.52. The van der Waals surface area contributed by atoms with Crippen LogP contribution >= 0.6 is 0 Å². The van der Waals surface area contributed by atoms with Crippen LogP contribution in [0.1, 0.15) is 13.3 Å². The van der Waals surface area contributed by atoms with Crippen molar-refractivity contribution in [3.63, 3.8) is 0 Å². The highest BCUT2D eigenvalue weighted by molar-refractivity contribution is 6.04. The van der Waals surface area contributed by atoms with E-state index in [0.717, 1.165) is 0 Å². The van der Waals surface area contributed by atoms with Crippen LogP contribution < -0.4 is 4.90 Å². The number of hydrogen-bond donors (Lipinski definition) is 1. The normalized spacial score (nSPS) is 11.9. The number of carbonyl (C=O) groups excluding carboxylic acids is 1. The van der Waals surface area contributed by atoms with Gasteiger partial charge in [0.05, 0.1) is 0 Å². The van der Waals surface area contributed by atoms with Gasteiger partial charge in [0.25, 0.3) is 0 Å². The van der Waals surface area contributed by atoms with Crippen molar-refractivity contribution < 1.29 is 14.7 Å². The van der Waals surface area contributed by atoms with E-state index < -0.39 is 17.8 Å². The number of aliphatic carboxylic acids is 1. The molecule has 1 unspecified atom stereocenters. The highest BCUT2D eigenvalue weighted by atomic mass is 16.4. The Morgan fingerprint density at radius 2 is 2.19 bits per heavy atom. The zero-order valence-electron chi connectivity index (χ0n) is 9.25. The van der Waals surface area contributed by atoms with Crippen LogP contribution in [0.25, 0.3) is 0 Å². The molecule has 0 aliphatic rings. The molecule has 5 nitrogen and oxygen atoms in total. The second-order valence-electron chi connectivity index (χ2n) is 3.38. The van der Waals surface area contributed by atoms with Gasteiger partial charge >= 0.3 is 5.97 Å². The van der Waals surface area contributed by atoms with Crippen molar-refractivity contribution in [2.45, 2.75) is 13.3 Å². The van der Waals surface area contributed by atoms with Gasteiger partial charge in [-0.3, -0.25) is 14.5 Å². The SMILES string of the molecule is CCC(C(=O)O)C(=O)N(C)c1ccccn1. The predicted octanol–water partition coefficient (Wildman–Crippen LogP) is 1.16. The minimum absolute atomic E-state index is 0.269. The highest BCUT2D eigenvalue weighted by Crippen LogP contribution is 2.13. The Hall–Kier alpha value is -1.91. The lowest BCUT2D eigenvalue weighted by atomic mass is 10.1. The van der Waals surface area contributed by atoms with Gasteiger partial charge in [-0.25, -0.2) is 4.98 Å². The lowest BCUT2D eigenvalue weighted by Gasteiger charge is -2.19. The van der Waals surface area contributed by atoms with Crippen LogP contribution in [-0.2, 0) is 9.59 Å². The van der Waals surface area contributed by atoms with Crippen molar-refractivity contribution in [1.29, 1.82) is 0 Å². The van der Waals surface area contributed by atoms with E-state index in [1.54, 1.807) is 31.3 Å². The van der Waals surface area contributed by atoms with Gasteiger partial charge in [-0.05, 0) is 18.6 Å². The number of nitrogens with zero attached hydrogens (tertiary/aromatic N) is 2. The molecule has 0 aliphatic carbocycles. The van der Waals surface area contributed by atoms with E-state index in [2.05, 4.69) is 4.98 Å². The molecule has 1 aromatic rings. The Kier molecular flexibility index (Phi) is 3.99. The van der Waals surface area contributed by atoms with E-state index in [1.165, 1.54) is 11.9 Å². The summed E-state index contributed by atoms with van der Waals surface area (Å²) in [5.41, 5.74) is 0. The molecule has 1 atom stereocenters. The standard InChI is InChI=1S/C11H14N2O3/c1-3-8(11(15)16)10(14)13(2)9-6-4-5-7-12-9/h4-8H,3H2,1-2H3,(H,15,16). The van der Waals surface area contributed by atoms with Gasteiger partial charge < -0.3 is 5.11 Å². The molecule has 1 rings (SSSR count). The molecule has 0 spiro atoms. The molecule has 1 amide bonds. The van der Waals surface area contributed by atoms with E-state index >= 15 is 0 Å².